The third-order valence-corrected chi connectivity index (χ3v) is 2.28. The van der Waals surface area contributed by atoms with Gasteiger partial charge in [-0.25, -0.2) is 0 Å². The minimum absolute atomic E-state index is 0.299. The molecule has 0 aliphatic heterocycles. The van der Waals surface area contributed by atoms with Gasteiger partial charge in [0.25, 0.3) is 0 Å². The molecule has 0 fully saturated rings. The number of hydrogen-bond donors (Lipinski definition) is 0. The molecule has 0 saturated heterocycles. The van der Waals surface area contributed by atoms with Crippen LogP contribution >= 0.6 is 0 Å². The first kappa shape index (κ1) is 9.87. The van der Waals surface area contributed by atoms with E-state index in [1.54, 1.807) is 13.8 Å². The van der Waals surface area contributed by atoms with Gasteiger partial charge in [-0.05, 0) is 13.8 Å². The topological polar surface area (TPSA) is 46.6 Å². The molecule has 0 aromatic heterocycles. The highest BCUT2D eigenvalue weighted by molar-refractivity contribution is 7.84. The van der Waals surface area contributed by atoms with Crippen LogP contribution in [0.25, 0.3) is 0 Å². The average Bonchev–Trinajstić information content (AvgIpc) is 1.60. The van der Waals surface area contributed by atoms with Crippen LogP contribution in [-0.2, 0) is 14.5 Å². The van der Waals surface area contributed by atoms with Gasteiger partial charge in [0.05, 0.1) is 6.10 Å². The summed E-state index contributed by atoms with van der Waals surface area (Å²) in [4.78, 5) is 0. The number of rotatable bonds is 3. The highest BCUT2D eigenvalue weighted by Crippen LogP contribution is 2.00. The Morgan fingerprint density at radius 1 is 1.30 bits per heavy atom. The minimum atomic E-state index is -3.46. The number of nitrogens with zero attached hydrogens (tertiary/aromatic N) is 1. The van der Waals surface area contributed by atoms with Crippen molar-refractivity contribution in [3.8, 4) is 0 Å². The zero-order valence-corrected chi connectivity index (χ0v) is 7.47. The Kier molecular flexibility index (Phi) is 3.27. The van der Waals surface area contributed by atoms with Crippen molar-refractivity contribution < 1.29 is 12.6 Å². The van der Waals surface area contributed by atoms with Crippen molar-refractivity contribution in [3.63, 3.8) is 0 Å². The molecule has 5 heteroatoms. The Bertz CT molecular complexity index is 183. The summed E-state index contributed by atoms with van der Waals surface area (Å²) in [7, 11) is -0.608. The molecule has 0 atom stereocenters. The quantitative estimate of drug-likeness (QED) is 0.604. The van der Waals surface area contributed by atoms with Gasteiger partial charge < -0.3 is 0 Å². The molecule has 0 saturated carbocycles. The van der Waals surface area contributed by atoms with Gasteiger partial charge in [0, 0.05) is 14.1 Å². The Morgan fingerprint density at radius 2 is 1.70 bits per heavy atom. The minimum Gasteiger partial charge on any atom is -0.255 e. The van der Waals surface area contributed by atoms with E-state index >= 15 is 0 Å². The summed E-state index contributed by atoms with van der Waals surface area (Å²) >= 11 is 0. The van der Waals surface area contributed by atoms with E-state index in [0.29, 0.717) is 0 Å². The summed E-state index contributed by atoms with van der Waals surface area (Å²) in [6.45, 7) is 3.34. The standard InChI is InChI=1S/C5H13NO3S/c1-5(2)9-10(7,8)6(3)4/h5H,1-4H3. The van der Waals surface area contributed by atoms with E-state index in [2.05, 4.69) is 4.18 Å². The molecule has 10 heavy (non-hydrogen) atoms. The van der Waals surface area contributed by atoms with Gasteiger partial charge in [-0.3, -0.25) is 4.18 Å². The van der Waals surface area contributed by atoms with E-state index in [1.165, 1.54) is 14.1 Å². The van der Waals surface area contributed by atoms with Crippen LogP contribution in [0.4, 0.5) is 0 Å². The first-order valence-electron chi connectivity index (χ1n) is 2.97. The van der Waals surface area contributed by atoms with Crippen LogP contribution in [0.2, 0.25) is 0 Å². The Hall–Kier alpha value is -0.130. The number of hydrogen-bond acceptors (Lipinski definition) is 3. The van der Waals surface area contributed by atoms with Crippen molar-refractivity contribution in [3.05, 3.63) is 0 Å². The monoisotopic (exact) mass is 167 g/mol. The molecule has 0 radical (unpaired) electrons. The molecule has 4 nitrogen and oxygen atoms in total. The van der Waals surface area contributed by atoms with Crippen LogP contribution in [0.3, 0.4) is 0 Å². The maximum Gasteiger partial charge on any atom is 0.338 e. The molecular weight excluding hydrogens is 154 g/mol. The third-order valence-electron chi connectivity index (χ3n) is 0.761. The molecule has 0 spiro atoms. The van der Waals surface area contributed by atoms with Gasteiger partial charge in [0.1, 0.15) is 0 Å². The first-order chi connectivity index (χ1) is 4.36. The Balaban J connectivity index is 4.16. The largest absolute Gasteiger partial charge is 0.338 e. The molecule has 0 aliphatic carbocycles. The predicted molar refractivity (Wildman–Crippen MR) is 38.8 cm³/mol. The summed E-state index contributed by atoms with van der Waals surface area (Å²) in [5, 5.41) is 0. The molecule has 0 aliphatic rings. The van der Waals surface area contributed by atoms with E-state index in [9.17, 15) is 8.42 Å². The van der Waals surface area contributed by atoms with Crippen LogP contribution in [0, 0.1) is 0 Å². The fourth-order valence-electron chi connectivity index (χ4n) is 0.329. The molecule has 0 heterocycles. The predicted octanol–water partition coefficient (Wildman–Crippen LogP) is 0.218. The lowest BCUT2D eigenvalue weighted by atomic mass is 10.5. The highest BCUT2D eigenvalue weighted by atomic mass is 32.2. The summed E-state index contributed by atoms with van der Waals surface area (Å²) < 4.78 is 27.3. The maximum atomic E-state index is 10.8. The zero-order valence-electron chi connectivity index (χ0n) is 6.66. The van der Waals surface area contributed by atoms with Crippen molar-refractivity contribution >= 4 is 10.3 Å². The van der Waals surface area contributed by atoms with Crippen molar-refractivity contribution in [2.24, 2.45) is 0 Å². The average molecular weight is 167 g/mol. The van der Waals surface area contributed by atoms with Crippen molar-refractivity contribution in [2.75, 3.05) is 14.1 Å². The second-order valence-electron chi connectivity index (χ2n) is 2.39. The zero-order chi connectivity index (χ0) is 8.36. The van der Waals surface area contributed by atoms with E-state index in [4.69, 9.17) is 0 Å². The molecule has 0 aromatic rings. The summed E-state index contributed by atoms with van der Waals surface area (Å²) in [5.74, 6) is 0. The van der Waals surface area contributed by atoms with Crippen LogP contribution < -0.4 is 0 Å². The van der Waals surface area contributed by atoms with E-state index in [0.717, 1.165) is 4.31 Å². The highest BCUT2D eigenvalue weighted by Gasteiger charge is 2.15. The SMILES string of the molecule is CC(C)OS(=O)(=O)N(C)C. The molecule has 0 rings (SSSR count). The molecule has 0 amide bonds. The van der Waals surface area contributed by atoms with Gasteiger partial charge in [-0.2, -0.15) is 12.7 Å². The third kappa shape index (κ3) is 3.14. The van der Waals surface area contributed by atoms with Crippen LogP contribution in [-0.4, -0.2) is 32.9 Å². The van der Waals surface area contributed by atoms with Crippen molar-refractivity contribution in [1.82, 2.24) is 4.31 Å². The lowest BCUT2D eigenvalue weighted by molar-refractivity contribution is 0.228. The lowest BCUT2D eigenvalue weighted by Crippen LogP contribution is -2.26. The van der Waals surface area contributed by atoms with Gasteiger partial charge >= 0.3 is 10.3 Å². The van der Waals surface area contributed by atoms with Crippen LogP contribution in [0.15, 0.2) is 0 Å². The van der Waals surface area contributed by atoms with Gasteiger partial charge in [0.15, 0.2) is 0 Å². The fraction of sp³-hybridized carbons (Fsp3) is 1.00. The Labute approximate surface area is 62.0 Å². The van der Waals surface area contributed by atoms with Crippen LogP contribution in [0.1, 0.15) is 13.8 Å². The first-order valence-corrected chi connectivity index (χ1v) is 4.33. The van der Waals surface area contributed by atoms with E-state index in [-0.39, 0.29) is 6.10 Å². The lowest BCUT2D eigenvalue weighted by Gasteiger charge is -2.12. The van der Waals surface area contributed by atoms with Gasteiger partial charge in [-0.1, -0.05) is 0 Å². The second kappa shape index (κ2) is 3.32. The Morgan fingerprint density at radius 3 is 1.80 bits per heavy atom. The second-order valence-corrected chi connectivity index (χ2v) is 4.16. The molecule has 0 unspecified atom stereocenters. The summed E-state index contributed by atoms with van der Waals surface area (Å²) in [5.41, 5.74) is 0. The summed E-state index contributed by atoms with van der Waals surface area (Å²) in [6, 6.07) is 0. The van der Waals surface area contributed by atoms with E-state index in [1.807, 2.05) is 0 Å². The fourth-order valence-corrected chi connectivity index (χ4v) is 0.988. The van der Waals surface area contributed by atoms with Crippen molar-refractivity contribution in [1.29, 1.82) is 0 Å². The normalized spacial score (nSPS) is 13.0. The van der Waals surface area contributed by atoms with Crippen LogP contribution in [0.5, 0.6) is 0 Å². The molecule has 0 bridgehead atoms. The molecule has 62 valence electrons. The summed E-state index contributed by atoms with van der Waals surface area (Å²) in [6.07, 6.45) is -0.299. The van der Waals surface area contributed by atoms with Gasteiger partial charge in [0.2, 0.25) is 0 Å². The van der Waals surface area contributed by atoms with E-state index < -0.39 is 10.3 Å². The maximum absolute atomic E-state index is 10.8. The molecule has 0 aromatic carbocycles. The molecule has 0 N–H and O–H groups in total. The molecular formula is C5H13NO3S. The van der Waals surface area contributed by atoms with Crippen molar-refractivity contribution in [2.45, 2.75) is 20.0 Å². The van der Waals surface area contributed by atoms with Gasteiger partial charge in [-0.15, -0.1) is 0 Å². The smallest absolute Gasteiger partial charge is 0.255 e.